The van der Waals surface area contributed by atoms with Gasteiger partial charge in [0, 0.05) is 25.0 Å². The lowest BCUT2D eigenvalue weighted by atomic mass is 9.87. The summed E-state index contributed by atoms with van der Waals surface area (Å²) in [5, 5.41) is 12.1. The van der Waals surface area contributed by atoms with Gasteiger partial charge in [-0.15, -0.1) is 0 Å². The van der Waals surface area contributed by atoms with Gasteiger partial charge in [-0.25, -0.2) is 4.79 Å². The molecule has 2 rings (SSSR count). The fourth-order valence-corrected chi connectivity index (χ4v) is 2.24. The third-order valence-corrected chi connectivity index (χ3v) is 3.04. The molecule has 2 fully saturated rings. The first kappa shape index (κ1) is 7.86. The quantitative estimate of drug-likeness (QED) is 0.551. The first-order valence-electron chi connectivity index (χ1n) is 4.41. The third kappa shape index (κ3) is 1.16. The summed E-state index contributed by atoms with van der Waals surface area (Å²) < 4.78 is 0. The molecule has 1 spiro atoms. The van der Waals surface area contributed by atoms with E-state index in [4.69, 9.17) is 5.11 Å². The second kappa shape index (κ2) is 2.62. The zero-order valence-corrected chi connectivity index (χ0v) is 7.05. The largest absolute Gasteiger partial charge is 0.465 e. The van der Waals surface area contributed by atoms with Crippen LogP contribution in [0.2, 0.25) is 0 Å². The first-order chi connectivity index (χ1) is 5.72. The zero-order chi connectivity index (χ0) is 8.60. The van der Waals surface area contributed by atoms with Crippen LogP contribution in [0, 0.1) is 5.41 Å². The van der Waals surface area contributed by atoms with Crippen molar-refractivity contribution in [1.29, 1.82) is 0 Å². The highest BCUT2D eigenvalue weighted by atomic mass is 16.4. The lowest BCUT2D eigenvalue weighted by Gasteiger charge is -2.20. The summed E-state index contributed by atoms with van der Waals surface area (Å²) in [6, 6.07) is 0. The maximum Gasteiger partial charge on any atom is 0.407 e. The van der Waals surface area contributed by atoms with Crippen molar-refractivity contribution in [1.82, 2.24) is 10.2 Å². The van der Waals surface area contributed by atoms with E-state index in [2.05, 4.69) is 5.32 Å². The highest BCUT2D eigenvalue weighted by molar-refractivity contribution is 5.65. The molecule has 12 heavy (non-hydrogen) atoms. The number of rotatable bonds is 0. The molecule has 0 aromatic rings. The van der Waals surface area contributed by atoms with Crippen LogP contribution >= 0.6 is 0 Å². The summed E-state index contributed by atoms with van der Waals surface area (Å²) in [7, 11) is 0. The maximum atomic E-state index is 10.6. The van der Waals surface area contributed by atoms with Gasteiger partial charge in [0.2, 0.25) is 0 Å². The van der Waals surface area contributed by atoms with Gasteiger partial charge in [-0.1, -0.05) is 0 Å². The van der Waals surface area contributed by atoms with E-state index < -0.39 is 6.09 Å². The normalized spacial score (nSPS) is 34.8. The Morgan fingerprint density at radius 2 is 2.33 bits per heavy atom. The van der Waals surface area contributed by atoms with E-state index in [0.29, 0.717) is 0 Å². The Hall–Kier alpha value is -0.770. The number of carbonyl (C=O) groups is 1. The van der Waals surface area contributed by atoms with Crippen LogP contribution in [0.5, 0.6) is 0 Å². The van der Waals surface area contributed by atoms with Gasteiger partial charge in [0.25, 0.3) is 0 Å². The molecule has 4 heteroatoms. The highest BCUT2D eigenvalue weighted by Gasteiger charge is 2.41. The topological polar surface area (TPSA) is 52.6 Å². The van der Waals surface area contributed by atoms with Gasteiger partial charge < -0.3 is 15.3 Å². The molecule has 2 heterocycles. The third-order valence-electron chi connectivity index (χ3n) is 3.04. The molecule has 0 bridgehead atoms. The van der Waals surface area contributed by atoms with Crippen molar-refractivity contribution in [2.75, 3.05) is 26.2 Å². The van der Waals surface area contributed by atoms with E-state index in [0.717, 1.165) is 39.0 Å². The van der Waals surface area contributed by atoms with Crippen LogP contribution in [0.3, 0.4) is 0 Å². The van der Waals surface area contributed by atoms with E-state index in [1.54, 1.807) is 0 Å². The van der Waals surface area contributed by atoms with E-state index in [1.165, 1.54) is 4.90 Å². The molecule has 0 aliphatic carbocycles. The Morgan fingerprint density at radius 1 is 1.50 bits per heavy atom. The second-order valence-corrected chi connectivity index (χ2v) is 3.88. The number of amides is 1. The van der Waals surface area contributed by atoms with Gasteiger partial charge in [-0.2, -0.15) is 0 Å². The van der Waals surface area contributed by atoms with Crippen LogP contribution in [0.4, 0.5) is 4.79 Å². The Balaban J connectivity index is 2.01. The van der Waals surface area contributed by atoms with E-state index in [-0.39, 0.29) is 5.41 Å². The Bertz CT molecular complexity index is 199. The van der Waals surface area contributed by atoms with Crippen LogP contribution in [-0.2, 0) is 0 Å². The monoisotopic (exact) mass is 170 g/mol. The van der Waals surface area contributed by atoms with Crippen molar-refractivity contribution in [2.24, 2.45) is 5.41 Å². The molecule has 1 atom stereocenters. The zero-order valence-electron chi connectivity index (χ0n) is 7.05. The van der Waals surface area contributed by atoms with E-state index >= 15 is 0 Å². The minimum Gasteiger partial charge on any atom is -0.465 e. The Morgan fingerprint density at radius 3 is 2.83 bits per heavy atom. The summed E-state index contributed by atoms with van der Waals surface area (Å²) in [4.78, 5) is 12.2. The SMILES string of the molecule is O=C(O)N1CC[C@]2(CCNC2)C1. The molecule has 2 aliphatic heterocycles. The van der Waals surface area contributed by atoms with Crippen LogP contribution in [0.15, 0.2) is 0 Å². The van der Waals surface area contributed by atoms with Crippen molar-refractivity contribution in [3.63, 3.8) is 0 Å². The van der Waals surface area contributed by atoms with E-state index in [1.807, 2.05) is 0 Å². The average Bonchev–Trinajstić information content (AvgIpc) is 2.62. The van der Waals surface area contributed by atoms with Crippen LogP contribution in [0.1, 0.15) is 12.8 Å². The molecule has 0 aromatic carbocycles. The van der Waals surface area contributed by atoms with Crippen LogP contribution < -0.4 is 5.32 Å². The van der Waals surface area contributed by atoms with Crippen molar-refractivity contribution >= 4 is 6.09 Å². The van der Waals surface area contributed by atoms with Gasteiger partial charge in [0.1, 0.15) is 0 Å². The summed E-state index contributed by atoms with van der Waals surface area (Å²) in [6.45, 7) is 3.50. The predicted molar refractivity (Wildman–Crippen MR) is 44.1 cm³/mol. The van der Waals surface area contributed by atoms with Crippen molar-refractivity contribution in [3.05, 3.63) is 0 Å². The molecule has 0 unspecified atom stereocenters. The minimum atomic E-state index is -0.765. The molecule has 0 aromatic heterocycles. The average molecular weight is 170 g/mol. The molecular weight excluding hydrogens is 156 g/mol. The summed E-state index contributed by atoms with van der Waals surface area (Å²) in [5.74, 6) is 0. The van der Waals surface area contributed by atoms with Crippen LogP contribution in [-0.4, -0.2) is 42.3 Å². The lowest BCUT2D eigenvalue weighted by Crippen LogP contribution is -2.32. The lowest BCUT2D eigenvalue weighted by molar-refractivity contribution is 0.150. The van der Waals surface area contributed by atoms with Gasteiger partial charge in [-0.3, -0.25) is 0 Å². The maximum absolute atomic E-state index is 10.6. The van der Waals surface area contributed by atoms with Gasteiger partial charge in [0.15, 0.2) is 0 Å². The molecule has 0 saturated carbocycles. The summed E-state index contributed by atoms with van der Waals surface area (Å²) in [5.41, 5.74) is 0.276. The predicted octanol–water partition coefficient (Wildman–Crippen LogP) is 0.350. The smallest absolute Gasteiger partial charge is 0.407 e. The van der Waals surface area contributed by atoms with Crippen LogP contribution in [0.25, 0.3) is 0 Å². The number of nitrogens with one attached hydrogen (secondary N) is 1. The number of nitrogens with zero attached hydrogens (tertiary/aromatic N) is 1. The number of likely N-dealkylation sites (tertiary alicyclic amines) is 1. The van der Waals surface area contributed by atoms with Crippen molar-refractivity contribution in [3.8, 4) is 0 Å². The van der Waals surface area contributed by atoms with Crippen molar-refractivity contribution in [2.45, 2.75) is 12.8 Å². The molecule has 0 radical (unpaired) electrons. The number of hydrogen-bond acceptors (Lipinski definition) is 2. The fourth-order valence-electron chi connectivity index (χ4n) is 2.24. The van der Waals surface area contributed by atoms with Gasteiger partial charge in [-0.05, 0) is 19.4 Å². The van der Waals surface area contributed by atoms with E-state index in [9.17, 15) is 4.79 Å². The Kier molecular flexibility index (Phi) is 1.72. The Labute approximate surface area is 71.5 Å². The molecule has 2 N–H and O–H groups in total. The number of carboxylic acid groups (broad SMARTS) is 1. The molecule has 2 saturated heterocycles. The minimum absolute atomic E-state index is 0.276. The molecule has 2 aliphatic rings. The molecule has 1 amide bonds. The molecule has 68 valence electrons. The summed E-state index contributed by atoms with van der Waals surface area (Å²) in [6.07, 6.45) is 1.40. The number of hydrogen-bond donors (Lipinski definition) is 2. The molecular formula is C8H14N2O2. The van der Waals surface area contributed by atoms with Gasteiger partial charge >= 0.3 is 6.09 Å². The fraction of sp³-hybridized carbons (Fsp3) is 0.875. The molecule has 4 nitrogen and oxygen atoms in total. The second-order valence-electron chi connectivity index (χ2n) is 3.88. The van der Waals surface area contributed by atoms with Crippen molar-refractivity contribution < 1.29 is 9.90 Å². The highest BCUT2D eigenvalue weighted by Crippen LogP contribution is 2.35. The standard InChI is InChI=1S/C8H14N2O2/c11-7(12)10-4-2-8(6-10)1-3-9-5-8/h9H,1-6H2,(H,11,12)/t8-/m0/s1. The first-order valence-corrected chi connectivity index (χ1v) is 4.41. The van der Waals surface area contributed by atoms with Gasteiger partial charge in [0.05, 0.1) is 0 Å². The summed E-state index contributed by atoms with van der Waals surface area (Å²) >= 11 is 0.